The maximum absolute atomic E-state index is 12.1. The predicted octanol–water partition coefficient (Wildman–Crippen LogP) is 1.03. The van der Waals surface area contributed by atoms with Crippen LogP contribution in [0.3, 0.4) is 0 Å². The van der Waals surface area contributed by atoms with E-state index in [0.717, 1.165) is 26.1 Å². The van der Waals surface area contributed by atoms with Gasteiger partial charge in [0.05, 0.1) is 18.2 Å². The van der Waals surface area contributed by atoms with Gasteiger partial charge in [0, 0.05) is 32.8 Å². The van der Waals surface area contributed by atoms with Crippen LogP contribution in [0.4, 0.5) is 0 Å². The Morgan fingerprint density at radius 3 is 2.89 bits per heavy atom. The SMILES string of the molecule is CCOCCCNC(=O)C(C)N1CCOC(C)(C)C1. The Balaban J connectivity index is 2.27. The first-order valence-corrected chi connectivity index (χ1v) is 7.20. The molecule has 1 aliphatic heterocycles. The smallest absolute Gasteiger partial charge is 0.237 e. The molecule has 112 valence electrons. The zero-order valence-electron chi connectivity index (χ0n) is 12.7. The predicted molar refractivity (Wildman–Crippen MR) is 75.2 cm³/mol. The summed E-state index contributed by atoms with van der Waals surface area (Å²) in [5.74, 6) is 0.0919. The second kappa shape index (κ2) is 7.82. The first kappa shape index (κ1) is 16.4. The molecule has 0 aliphatic carbocycles. The third kappa shape index (κ3) is 5.89. The normalized spacial score (nSPS) is 21.1. The second-order valence-electron chi connectivity index (χ2n) is 5.60. The van der Waals surface area contributed by atoms with Crippen LogP contribution in [0.15, 0.2) is 0 Å². The van der Waals surface area contributed by atoms with Crippen molar-refractivity contribution in [2.75, 3.05) is 39.5 Å². The molecule has 0 aromatic heterocycles. The molecule has 1 unspecified atom stereocenters. The first-order valence-electron chi connectivity index (χ1n) is 7.20. The number of ether oxygens (including phenoxy) is 2. The number of carbonyl (C=O) groups is 1. The number of rotatable bonds is 7. The fourth-order valence-electron chi connectivity index (χ4n) is 2.23. The number of amides is 1. The quantitative estimate of drug-likeness (QED) is 0.703. The monoisotopic (exact) mass is 272 g/mol. The molecule has 19 heavy (non-hydrogen) atoms. The highest BCUT2D eigenvalue weighted by Gasteiger charge is 2.31. The van der Waals surface area contributed by atoms with Gasteiger partial charge in [-0.25, -0.2) is 0 Å². The van der Waals surface area contributed by atoms with Crippen molar-refractivity contribution < 1.29 is 14.3 Å². The first-order chi connectivity index (χ1) is 8.96. The molecule has 1 N–H and O–H groups in total. The summed E-state index contributed by atoms with van der Waals surface area (Å²) in [5, 5.41) is 2.96. The van der Waals surface area contributed by atoms with Crippen LogP contribution in [0.2, 0.25) is 0 Å². The molecule has 0 radical (unpaired) electrons. The van der Waals surface area contributed by atoms with Crippen LogP contribution in [-0.4, -0.2) is 61.9 Å². The zero-order chi connectivity index (χ0) is 14.3. The molecule has 1 atom stereocenters. The van der Waals surface area contributed by atoms with Gasteiger partial charge in [0.15, 0.2) is 0 Å². The fraction of sp³-hybridized carbons (Fsp3) is 0.929. The van der Waals surface area contributed by atoms with Gasteiger partial charge in [-0.15, -0.1) is 0 Å². The summed E-state index contributed by atoms with van der Waals surface area (Å²) in [4.78, 5) is 14.2. The van der Waals surface area contributed by atoms with Gasteiger partial charge in [0.25, 0.3) is 0 Å². The van der Waals surface area contributed by atoms with Crippen molar-refractivity contribution in [3.63, 3.8) is 0 Å². The van der Waals surface area contributed by atoms with E-state index in [4.69, 9.17) is 9.47 Å². The van der Waals surface area contributed by atoms with Crippen molar-refractivity contribution in [2.24, 2.45) is 0 Å². The molecule has 0 aromatic rings. The van der Waals surface area contributed by atoms with Gasteiger partial charge < -0.3 is 14.8 Å². The highest BCUT2D eigenvalue weighted by Crippen LogP contribution is 2.18. The Bertz CT molecular complexity index is 282. The van der Waals surface area contributed by atoms with Gasteiger partial charge in [-0.05, 0) is 34.1 Å². The van der Waals surface area contributed by atoms with Crippen molar-refractivity contribution in [1.82, 2.24) is 10.2 Å². The van der Waals surface area contributed by atoms with Gasteiger partial charge in [-0.1, -0.05) is 0 Å². The number of nitrogens with one attached hydrogen (secondary N) is 1. The van der Waals surface area contributed by atoms with Crippen molar-refractivity contribution in [3.8, 4) is 0 Å². The average Bonchev–Trinajstić information content (AvgIpc) is 2.36. The number of nitrogens with zero attached hydrogens (tertiary/aromatic N) is 1. The molecule has 0 aromatic carbocycles. The van der Waals surface area contributed by atoms with Crippen LogP contribution in [-0.2, 0) is 14.3 Å². The second-order valence-corrected chi connectivity index (χ2v) is 5.60. The number of hydrogen-bond acceptors (Lipinski definition) is 4. The summed E-state index contributed by atoms with van der Waals surface area (Å²) in [7, 11) is 0. The highest BCUT2D eigenvalue weighted by molar-refractivity contribution is 5.81. The summed E-state index contributed by atoms with van der Waals surface area (Å²) in [6, 6.07) is -0.102. The van der Waals surface area contributed by atoms with Crippen LogP contribution in [0.25, 0.3) is 0 Å². The molecule has 1 rings (SSSR count). The Kier molecular flexibility index (Phi) is 6.75. The maximum Gasteiger partial charge on any atom is 0.237 e. The topological polar surface area (TPSA) is 50.8 Å². The summed E-state index contributed by atoms with van der Waals surface area (Å²) < 4.78 is 10.9. The summed E-state index contributed by atoms with van der Waals surface area (Å²) in [6.07, 6.45) is 0.862. The molecule has 0 bridgehead atoms. The third-order valence-electron chi connectivity index (χ3n) is 3.35. The summed E-state index contributed by atoms with van der Waals surface area (Å²) in [6.45, 7) is 12.5. The van der Waals surface area contributed by atoms with E-state index in [-0.39, 0.29) is 17.6 Å². The Hall–Kier alpha value is -0.650. The molecule has 1 fully saturated rings. The van der Waals surface area contributed by atoms with Gasteiger partial charge >= 0.3 is 0 Å². The van der Waals surface area contributed by atoms with Crippen LogP contribution in [0.5, 0.6) is 0 Å². The summed E-state index contributed by atoms with van der Waals surface area (Å²) in [5.41, 5.74) is -0.165. The van der Waals surface area contributed by atoms with Crippen LogP contribution in [0, 0.1) is 0 Å². The molecular weight excluding hydrogens is 244 g/mol. The maximum atomic E-state index is 12.1. The van der Waals surface area contributed by atoms with E-state index in [1.165, 1.54) is 0 Å². The van der Waals surface area contributed by atoms with E-state index in [1.807, 2.05) is 13.8 Å². The summed E-state index contributed by atoms with van der Waals surface area (Å²) >= 11 is 0. The molecule has 0 saturated carbocycles. The molecule has 0 spiro atoms. The van der Waals surface area contributed by atoms with E-state index in [9.17, 15) is 4.79 Å². The Morgan fingerprint density at radius 2 is 2.26 bits per heavy atom. The van der Waals surface area contributed by atoms with Crippen LogP contribution >= 0.6 is 0 Å². The van der Waals surface area contributed by atoms with Gasteiger partial charge in [0.2, 0.25) is 5.91 Å². The highest BCUT2D eigenvalue weighted by atomic mass is 16.5. The molecule has 1 aliphatic rings. The van der Waals surface area contributed by atoms with Crippen molar-refractivity contribution in [3.05, 3.63) is 0 Å². The average molecular weight is 272 g/mol. The van der Waals surface area contributed by atoms with Crippen molar-refractivity contribution >= 4 is 5.91 Å². The zero-order valence-corrected chi connectivity index (χ0v) is 12.7. The lowest BCUT2D eigenvalue weighted by Crippen LogP contribution is -2.55. The van der Waals surface area contributed by atoms with E-state index in [0.29, 0.717) is 19.8 Å². The minimum absolute atomic E-state index is 0.0919. The Morgan fingerprint density at radius 1 is 1.53 bits per heavy atom. The minimum Gasteiger partial charge on any atom is -0.382 e. The molecule has 5 nitrogen and oxygen atoms in total. The Labute approximate surface area is 116 Å². The van der Waals surface area contributed by atoms with E-state index >= 15 is 0 Å². The number of carbonyl (C=O) groups excluding carboxylic acids is 1. The molecule has 1 heterocycles. The van der Waals surface area contributed by atoms with Crippen LogP contribution < -0.4 is 5.32 Å². The van der Waals surface area contributed by atoms with Gasteiger partial charge in [0.1, 0.15) is 0 Å². The van der Waals surface area contributed by atoms with E-state index in [2.05, 4.69) is 24.1 Å². The lowest BCUT2D eigenvalue weighted by atomic mass is 10.1. The standard InChI is InChI=1S/C14H28N2O3/c1-5-18-9-6-7-15-13(17)12(2)16-8-10-19-14(3,4)11-16/h12H,5-11H2,1-4H3,(H,15,17). The van der Waals surface area contributed by atoms with E-state index < -0.39 is 0 Å². The lowest BCUT2D eigenvalue weighted by molar-refractivity contribution is -0.133. The van der Waals surface area contributed by atoms with Gasteiger partial charge in [-0.3, -0.25) is 9.69 Å². The third-order valence-corrected chi connectivity index (χ3v) is 3.35. The largest absolute Gasteiger partial charge is 0.382 e. The molecule has 5 heteroatoms. The van der Waals surface area contributed by atoms with E-state index in [1.54, 1.807) is 0 Å². The molecule has 1 amide bonds. The number of morpholine rings is 1. The molecular formula is C14H28N2O3. The van der Waals surface area contributed by atoms with Crippen LogP contribution in [0.1, 0.15) is 34.1 Å². The minimum atomic E-state index is -0.165. The van der Waals surface area contributed by atoms with Crippen molar-refractivity contribution in [2.45, 2.75) is 45.8 Å². The van der Waals surface area contributed by atoms with Crippen molar-refractivity contribution in [1.29, 1.82) is 0 Å². The lowest BCUT2D eigenvalue weighted by Gasteiger charge is -2.40. The number of hydrogen-bond donors (Lipinski definition) is 1. The fourth-order valence-corrected chi connectivity index (χ4v) is 2.23. The molecule has 1 saturated heterocycles. The van der Waals surface area contributed by atoms with Gasteiger partial charge in [-0.2, -0.15) is 0 Å².